The third-order valence-electron chi connectivity index (χ3n) is 4.21. The highest BCUT2D eigenvalue weighted by atomic mass is 32.1. The molecule has 1 aromatic carbocycles. The van der Waals surface area contributed by atoms with Gasteiger partial charge in [0.05, 0.1) is 4.88 Å². The number of aryl methyl sites for hydroxylation is 1. The van der Waals surface area contributed by atoms with Crippen LogP contribution in [0.25, 0.3) is 10.2 Å². The van der Waals surface area contributed by atoms with E-state index in [1.165, 1.54) is 6.07 Å². The van der Waals surface area contributed by atoms with Crippen molar-refractivity contribution in [3.63, 3.8) is 0 Å². The van der Waals surface area contributed by atoms with Gasteiger partial charge in [0.2, 0.25) is 5.79 Å². The number of anilines is 1. The van der Waals surface area contributed by atoms with Crippen LogP contribution >= 0.6 is 11.3 Å². The maximum absolute atomic E-state index is 12.9. The number of carbonyl (C=O) groups excluding carboxylic acids is 1. The fourth-order valence-corrected chi connectivity index (χ4v) is 4.04. The molecule has 146 valence electrons. The number of carbonyl (C=O) groups is 1. The predicted molar refractivity (Wildman–Crippen MR) is 99.1 cm³/mol. The van der Waals surface area contributed by atoms with Crippen molar-refractivity contribution in [1.82, 2.24) is 4.98 Å². The molecule has 1 aliphatic rings. The first-order valence-corrected chi connectivity index (χ1v) is 9.16. The van der Waals surface area contributed by atoms with E-state index in [4.69, 9.17) is 9.47 Å². The number of ether oxygens (including phenoxy) is 2. The van der Waals surface area contributed by atoms with Gasteiger partial charge in [-0.25, -0.2) is 4.98 Å². The van der Waals surface area contributed by atoms with Crippen molar-refractivity contribution in [3.05, 3.63) is 46.5 Å². The lowest BCUT2D eigenvalue weighted by Gasteiger charge is -2.16. The minimum atomic E-state index is -4.53. The summed E-state index contributed by atoms with van der Waals surface area (Å²) >= 11 is 0.928. The van der Waals surface area contributed by atoms with E-state index >= 15 is 0 Å². The van der Waals surface area contributed by atoms with Crippen LogP contribution in [-0.4, -0.2) is 16.7 Å². The molecule has 4 rings (SSSR count). The van der Waals surface area contributed by atoms with Crippen molar-refractivity contribution < 1.29 is 27.4 Å². The van der Waals surface area contributed by atoms with Crippen LogP contribution in [-0.2, 0) is 6.18 Å². The first-order valence-electron chi connectivity index (χ1n) is 8.34. The van der Waals surface area contributed by atoms with Gasteiger partial charge in [0.25, 0.3) is 5.91 Å². The molecule has 0 aliphatic carbocycles. The highest BCUT2D eigenvalue weighted by Crippen LogP contribution is 2.41. The van der Waals surface area contributed by atoms with Gasteiger partial charge in [-0.05, 0) is 36.8 Å². The number of hydrogen-bond donors (Lipinski definition) is 1. The Morgan fingerprint density at radius 2 is 1.86 bits per heavy atom. The van der Waals surface area contributed by atoms with Crippen molar-refractivity contribution in [1.29, 1.82) is 0 Å². The van der Waals surface area contributed by atoms with Crippen LogP contribution in [0.5, 0.6) is 11.5 Å². The fraction of sp³-hybridized carbons (Fsp3) is 0.263. The number of benzene rings is 1. The molecule has 0 radical (unpaired) electrons. The zero-order valence-corrected chi connectivity index (χ0v) is 15.9. The monoisotopic (exact) mass is 408 g/mol. The smallest absolute Gasteiger partial charge is 0.433 e. The van der Waals surface area contributed by atoms with Gasteiger partial charge in [0, 0.05) is 31.0 Å². The van der Waals surface area contributed by atoms with Crippen LogP contribution in [0.4, 0.5) is 18.9 Å². The van der Waals surface area contributed by atoms with E-state index in [0.717, 1.165) is 17.4 Å². The molecule has 0 saturated carbocycles. The summed E-state index contributed by atoms with van der Waals surface area (Å²) < 4.78 is 49.9. The summed E-state index contributed by atoms with van der Waals surface area (Å²) in [6.45, 7) is 5.23. The zero-order chi connectivity index (χ0) is 20.3. The van der Waals surface area contributed by atoms with Crippen LogP contribution in [0.1, 0.15) is 34.8 Å². The van der Waals surface area contributed by atoms with Gasteiger partial charge >= 0.3 is 6.18 Å². The number of nitrogens with one attached hydrogen (secondary N) is 1. The molecular weight excluding hydrogens is 393 g/mol. The molecule has 0 fully saturated rings. The minimum Gasteiger partial charge on any atom is -0.449 e. The molecule has 3 heterocycles. The molecule has 1 N–H and O–H groups in total. The molecule has 3 aromatic rings. The Morgan fingerprint density at radius 1 is 1.14 bits per heavy atom. The van der Waals surface area contributed by atoms with Crippen LogP contribution in [0.2, 0.25) is 0 Å². The Kier molecular flexibility index (Phi) is 4.04. The van der Waals surface area contributed by atoms with Gasteiger partial charge in [0.1, 0.15) is 10.5 Å². The van der Waals surface area contributed by atoms with Crippen molar-refractivity contribution in [3.8, 4) is 11.5 Å². The van der Waals surface area contributed by atoms with E-state index in [2.05, 4.69) is 10.3 Å². The maximum atomic E-state index is 12.9. The normalized spacial score (nSPS) is 15.1. The van der Waals surface area contributed by atoms with E-state index < -0.39 is 23.6 Å². The Balaban J connectivity index is 1.62. The topological polar surface area (TPSA) is 60.5 Å². The molecule has 1 aliphatic heterocycles. The number of rotatable bonds is 2. The Hall–Kier alpha value is -2.81. The highest BCUT2D eigenvalue weighted by Gasteiger charge is 2.33. The van der Waals surface area contributed by atoms with Crippen molar-refractivity contribution >= 4 is 33.1 Å². The lowest BCUT2D eigenvalue weighted by molar-refractivity contribution is -0.140. The van der Waals surface area contributed by atoms with E-state index in [0.29, 0.717) is 33.0 Å². The Morgan fingerprint density at radius 3 is 2.57 bits per heavy atom. The molecule has 1 amide bonds. The first kappa shape index (κ1) is 18.5. The SMILES string of the molecule is Cc1c(C(=O)Nc2ccc3c(c2)OC(C)(C)O3)sc2nc(C(F)(F)F)ccc12. The summed E-state index contributed by atoms with van der Waals surface area (Å²) in [7, 11) is 0. The first-order chi connectivity index (χ1) is 13.0. The molecule has 9 heteroatoms. The summed E-state index contributed by atoms with van der Waals surface area (Å²) in [6.07, 6.45) is -4.53. The Bertz CT molecular complexity index is 1110. The van der Waals surface area contributed by atoms with Crippen molar-refractivity contribution in [2.75, 3.05) is 5.32 Å². The number of pyridine rings is 1. The third-order valence-corrected chi connectivity index (χ3v) is 5.41. The average molecular weight is 408 g/mol. The third kappa shape index (κ3) is 3.26. The van der Waals surface area contributed by atoms with Crippen molar-refractivity contribution in [2.45, 2.75) is 32.7 Å². The maximum Gasteiger partial charge on any atom is 0.433 e. The number of hydrogen-bond acceptors (Lipinski definition) is 5. The molecule has 28 heavy (non-hydrogen) atoms. The number of thiophene rings is 1. The number of alkyl halides is 3. The molecule has 0 atom stereocenters. The second-order valence-electron chi connectivity index (χ2n) is 6.82. The number of amides is 1. The zero-order valence-electron chi connectivity index (χ0n) is 15.1. The van der Waals surface area contributed by atoms with E-state index in [-0.39, 0.29) is 4.83 Å². The second-order valence-corrected chi connectivity index (χ2v) is 7.82. The van der Waals surface area contributed by atoms with E-state index in [1.807, 2.05) is 0 Å². The van der Waals surface area contributed by atoms with Gasteiger partial charge in [-0.3, -0.25) is 4.79 Å². The number of halogens is 3. The molecule has 0 unspecified atom stereocenters. The summed E-state index contributed by atoms with van der Waals surface area (Å²) in [5.74, 6) is -0.126. The number of nitrogens with zero attached hydrogens (tertiary/aromatic N) is 1. The fourth-order valence-electron chi connectivity index (χ4n) is 2.96. The standard InChI is InChI=1S/C19H15F3N2O3S/c1-9-11-5-7-14(19(20,21)22)24-17(11)28-15(9)16(25)23-10-4-6-12-13(8-10)27-18(2,3)26-12/h4-8H,1-3H3,(H,23,25). The molecule has 0 spiro atoms. The number of aromatic nitrogens is 1. The summed E-state index contributed by atoms with van der Waals surface area (Å²) in [5.41, 5.74) is 0.0954. The van der Waals surface area contributed by atoms with Crippen LogP contribution in [0, 0.1) is 6.92 Å². The molecule has 2 aromatic heterocycles. The molecule has 0 bridgehead atoms. The van der Waals surface area contributed by atoms with Gasteiger partial charge in [-0.1, -0.05) is 0 Å². The van der Waals surface area contributed by atoms with Crippen molar-refractivity contribution in [2.24, 2.45) is 0 Å². The van der Waals surface area contributed by atoms with E-state index in [9.17, 15) is 18.0 Å². The quantitative estimate of drug-likeness (QED) is 0.618. The summed E-state index contributed by atoms with van der Waals surface area (Å²) in [6, 6.07) is 7.27. The van der Waals surface area contributed by atoms with Gasteiger partial charge < -0.3 is 14.8 Å². The lowest BCUT2D eigenvalue weighted by atomic mass is 10.1. The average Bonchev–Trinajstić information content (AvgIpc) is 3.08. The molecular formula is C19H15F3N2O3S. The molecule has 5 nitrogen and oxygen atoms in total. The largest absolute Gasteiger partial charge is 0.449 e. The summed E-state index contributed by atoms with van der Waals surface area (Å²) in [4.78, 5) is 16.8. The van der Waals surface area contributed by atoms with Crippen LogP contribution in [0.15, 0.2) is 30.3 Å². The van der Waals surface area contributed by atoms with Gasteiger partial charge in [-0.2, -0.15) is 13.2 Å². The minimum absolute atomic E-state index is 0.171. The summed E-state index contributed by atoms with van der Waals surface area (Å²) in [5, 5.41) is 3.27. The van der Waals surface area contributed by atoms with Gasteiger partial charge in [-0.15, -0.1) is 11.3 Å². The lowest BCUT2D eigenvalue weighted by Crippen LogP contribution is -2.29. The van der Waals surface area contributed by atoms with Gasteiger partial charge in [0.15, 0.2) is 11.5 Å². The Labute approximate surface area is 162 Å². The molecule has 0 saturated heterocycles. The van der Waals surface area contributed by atoms with Crippen LogP contribution in [0.3, 0.4) is 0 Å². The second kappa shape index (κ2) is 6.10. The number of fused-ring (bicyclic) bond motifs is 2. The van der Waals surface area contributed by atoms with E-state index in [1.54, 1.807) is 39.0 Å². The van der Waals surface area contributed by atoms with Crippen LogP contribution < -0.4 is 14.8 Å². The highest BCUT2D eigenvalue weighted by molar-refractivity contribution is 7.20. The predicted octanol–water partition coefficient (Wildman–Crippen LogP) is 5.38.